The van der Waals surface area contributed by atoms with Crippen molar-refractivity contribution in [1.29, 1.82) is 0 Å². The molecule has 108 valence electrons. The summed E-state index contributed by atoms with van der Waals surface area (Å²) in [7, 11) is 0. The minimum absolute atomic E-state index is 0.288. The van der Waals surface area contributed by atoms with Crippen molar-refractivity contribution in [2.24, 2.45) is 0 Å². The summed E-state index contributed by atoms with van der Waals surface area (Å²) in [6, 6.07) is 4.36. The van der Waals surface area contributed by atoms with Gasteiger partial charge < -0.3 is 10.4 Å². The van der Waals surface area contributed by atoms with Crippen LogP contribution >= 0.6 is 11.3 Å². The highest BCUT2D eigenvalue weighted by Gasteiger charge is 2.12. The molecule has 0 aliphatic carbocycles. The molecule has 20 heavy (non-hydrogen) atoms. The molecule has 1 aromatic carbocycles. The van der Waals surface area contributed by atoms with E-state index in [0.29, 0.717) is 5.75 Å². The molecular formula is C16H22N2OS. The standard InChI is InChI=1S/C16H22N2OS/c1-9-6-14(7-10(2)15(9)19)8-17-11(3)16-12(4)18-13(5)20-16/h6-7,11,17,19H,8H2,1-5H3. The van der Waals surface area contributed by atoms with E-state index >= 15 is 0 Å². The van der Waals surface area contributed by atoms with Gasteiger partial charge in [0.1, 0.15) is 5.75 Å². The van der Waals surface area contributed by atoms with E-state index < -0.39 is 0 Å². The second-order valence-corrected chi connectivity index (χ2v) is 6.60. The Balaban J connectivity index is 2.07. The quantitative estimate of drug-likeness (QED) is 0.896. The molecule has 2 rings (SSSR count). The van der Waals surface area contributed by atoms with E-state index in [1.165, 1.54) is 10.4 Å². The topological polar surface area (TPSA) is 45.2 Å². The van der Waals surface area contributed by atoms with Gasteiger partial charge >= 0.3 is 0 Å². The molecular weight excluding hydrogens is 268 g/mol. The molecule has 1 atom stereocenters. The number of hydrogen-bond donors (Lipinski definition) is 2. The molecule has 0 aliphatic heterocycles. The van der Waals surface area contributed by atoms with Gasteiger partial charge in [-0.1, -0.05) is 12.1 Å². The summed E-state index contributed by atoms with van der Waals surface area (Å²) in [5, 5.41) is 14.4. The lowest BCUT2D eigenvalue weighted by atomic mass is 10.1. The van der Waals surface area contributed by atoms with Crippen molar-refractivity contribution >= 4 is 11.3 Å². The van der Waals surface area contributed by atoms with Crippen LogP contribution < -0.4 is 5.32 Å². The average Bonchev–Trinajstić information content (AvgIpc) is 2.72. The Morgan fingerprint density at radius 1 is 1.20 bits per heavy atom. The zero-order valence-corrected chi connectivity index (χ0v) is 13.6. The van der Waals surface area contributed by atoms with Crippen LogP contribution in [-0.2, 0) is 6.54 Å². The zero-order valence-electron chi connectivity index (χ0n) is 12.7. The fourth-order valence-corrected chi connectivity index (χ4v) is 3.41. The van der Waals surface area contributed by atoms with Crippen LogP contribution in [0.3, 0.4) is 0 Å². The monoisotopic (exact) mass is 290 g/mol. The van der Waals surface area contributed by atoms with Gasteiger partial charge in [-0.05, 0) is 51.3 Å². The van der Waals surface area contributed by atoms with Crippen LogP contribution in [0, 0.1) is 27.7 Å². The summed E-state index contributed by atoms with van der Waals surface area (Å²) in [4.78, 5) is 5.77. The lowest BCUT2D eigenvalue weighted by Gasteiger charge is -2.14. The molecule has 0 radical (unpaired) electrons. The number of thiazole rings is 1. The minimum atomic E-state index is 0.288. The first-order valence-electron chi connectivity index (χ1n) is 6.85. The Morgan fingerprint density at radius 3 is 2.30 bits per heavy atom. The maximum Gasteiger partial charge on any atom is 0.121 e. The molecule has 3 nitrogen and oxygen atoms in total. The normalized spacial score (nSPS) is 12.7. The van der Waals surface area contributed by atoms with Gasteiger partial charge in [0, 0.05) is 17.5 Å². The molecule has 2 N–H and O–H groups in total. The van der Waals surface area contributed by atoms with Crippen molar-refractivity contribution in [3.05, 3.63) is 44.4 Å². The highest BCUT2D eigenvalue weighted by Crippen LogP contribution is 2.26. The highest BCUT2D eigenvalue weighted by atomic mass is 32.1. The Morgan fingerprint density at radius 2 is 1.80 bits per heavy atom. The van der Waals surface area contributed by atoms with Crippen molar-refractivity contribution in [1.82, 2.24) is 10.3 Å². The molecule has 1 unspecified atom stereocenters. The lowest BCUT2D eigenvalue weighted by molar-refractivity contribution is 0.466. The summed E-state index contributed by atoms with van der Waals surface area (Å²) in [6.45, 7) is 10.9. The van der Waals surface area contributed by atoms with Crippen LogP contribution in [0.25, 0.3) is 0 Å². The van der Waals surface area contributed by atoms with Crippen LogP contribution in [0.4, 0.5) is 0 Å². The largest absolute Gasteiger partial charge is 0.507 e. The van der Waals surface area contributed by atoms with E-state index in [1.54, 1.807) is 11.3 Å². The van der Waals surface area contributed by atoms with Gasteiger partial charge in [0.05, 0.1) is 10.7 Å². The van der Waals surface area contributed by atoms with Crippen molar-refractivity contribution in [3.8, 4) is 5.75 Å². The highest BCUT2D eigenvalue weighted by molar-refractivity contribution is 7.11. The summed E-state index contributed by atoms with van der Waals surface area (Å²) >= 11 is 1.75. The molecule has 0 fully saturated rings. The van der Waals surface area contributed by atoms with Crippen molar-refractivity contribution in [3.63, 3.8) is 0 Å². The molecule has 0 bridgehead atoms. The number of aromatic hydroxyl groups is 1. The van der Waals surface area contributed by atoms with Gasteiger partial charge in [-0.2, -0.15) is 0 Å². The Labute approximate surface area is 124 Å². The Bertz CT molecular complexity index is 596. The van der Waals surface area contributed by atoms with Crippen LogP contribution in [0.15, 0.2) is 12.1 Å². The van der Waals surface area contributed by atoms with E-state index in [0.717, 1.165) is 28.4 Å². The number of phenolic OH excluding ortho intramolecular Hbond substituents is 1. The summed E-state index contributed by atoms with van der Waals surface area (Å²) in [6.07, 6.45) is 0. The van der Waals surface area contributed by atoms with Crippen LogP contribution in [0.2, 0.25) is 0 Å². The van der Waals surface area contributed by atoms with E-state index in [1.807, 2.05) is 32.9 Å². The van der Waals surface area contributed by atoms with E-state index in [9.17, 15) is 5.11 Å². The smallest absolute Gasteiger partial charge is 0.121 e. The summed E-state index contributed by atoms with van der Waals surface area (Å²) < 4.78 is 0. The third-order valence-corrected chi connectivity index (χ3v) is 4.75. The Kier molecular flexibility index (Phi) is 4.45. The predicted octanol–water partition coefficient (Wildman–Crippen LogP) is 3.93. The van der Waals surface area contributed by atoms with Crippen LogP contribution in [0.1, 0.15) is 45.2 Å². The van der Waals surface area contributed by atoms with Gasteiger partial charge in [0.2, 0.25) is 0 Å². The predicted molar refractivity (Wildman–Crippen MR) is 84.4 cm³/mol. The molecule has 1 aromatic heterocycles. The SMILES string of the molecule is Cc1nc(C)c(C(C)NCc2cc(C)c(O)c(C)c2)s1. The second-order valence-electron chi connectivity index (χ2n) is 5.36. The van der Waals surface area contributed by atoms with Gasteiger partial charge in [0.15, 0.2) is 0 Å². The number of rotatable bonds is 4. The van der Waals surface area contributed by atoms with E-state index in [-0.39, 0.29) is 6.04 Å². The third-order valence-electron chi connectivity index (χ3n) is 3.50. The number of phenols is 1. The first-order valence-corrected chi connectivity index (χ1v) is 7.66. The average molecular weight is 290 g/mol. The first-order chi connectivity index (χ1) is 9.38. The lowest BCUT2D eigenvalue weighted by Crippen LogP contribution is -2.18. The molecule has 2 aromatic rings. The van der Waals surface area contributed by atoms with Crippen molar-refractivity contribution in [2.45, 2.75) is 47.2 Å². The number of aryl methyl sites for hydroxylation is 4. The molecule has 0 spiro atoms. The van der Waals surface area contributed by atoms with Gasteiger partial charge in [-0.3, -0.25) is 0 Å². The van der Waals surface area contributed by atoms with Crippen LogP contribution in [0.5, 0.6) is 5.75 Å². The van der Waals surface area contributed by atoms with Gasteiger partial charge in [-0.15, -0.1) is 11.3 Å². The second kappa shape index (κ2) is 5.94. The van der Waals surface area contributed by atoms with Crippen molar-refractivity contribution < 1.29 is 5.11 Å². The minimum Gasteiger partial charge on any atom is -0.507 e. The fourth-order valence-electron chi connectivity index (χ4n) is 2.46. The molecule has 0 amide bonds. The van der Waals surface area contributed by atoms with E-state index in [2.05, 4.69) is 24.1 Å². The summed E-state index contributed by atoms with van der Waals surface area (Å²) in [5.41, 5.74) is 4.17. The summed E-state index contributed by atoms with van der Waals surface area (Å²) in [5.74, 6) is 0.399. The molecule has 4 heteroatoms. The number of hydrogen-bond acceptors (Lipinski definition) is 4. The maximum atomic E-state index is 9.80. The number of benzene rings is 1. The number of nitrogens with one attached hydrogen (secondary N) is 1. The Hall–Kier alpha value is -1.39. The molecule has 1 heterocycles. The molecule has 0 aliphatic rings. The molecule has 0 saturated carbocycles. The third kappa shape index (κ3) is 3.19. The number of aromatic nitrogens is 1. The fraction of sp³-hybridized carbons (Fsp3) is 0.438. The zero-order chi connectivity index (χ0) is 14.9. The first kappa shape index (κ1) is 15.0. The van der Waals surface area contributed by atoms with Crippen molar-refractivity contribution in [2.75, 3.05) is 0 Å². The number of nitrogens with zero attached hydrogens (tertiary/aromatic N) is 1. The molecule has 0 saturated heterocycles. The van der Waals surface area contributed by atoms with Gasteiger partial charge in [0.25, 0.3) is 0 Å². The van der Waals surface area contributed by atoms with Gasteiger partial charge in [-0.25, -0.2) is 4.98 Å². The maximum absolute atomic E-state index is 9.80. The van der Waals surface area contributed by atoms with E-state index in [4.69, 9.17) is 0 Å². The van der Waals surface area contributed by atoms with Crippen LogP contribution in [-0.4, -0.2) is 10.1 Å².